The molecule has 0 radical (unpaired) electrons. The van der Waals surface area contributed by atoms with Gasteiger partial charge in [-0.25, -0.2) is 5.43 Å². The summed E-state index contributed by atoms with van der Waals surface area (Å²) in [5.41, 5.74) is 2.07. The van der Waals surface area contributed by atoms with Crippen LogP contribution < -0.4 is 20.2 Å². The number of hydrogen-bond donors (Lipinski definition) is 2. The zero-order chi connectivity index (χ0) is 27.2. The smallest absolute Gasteiger partial charge is 0.455 e. The van der Waals surface area contributed by atoms with Gasteiger partial charge in [0.15, 0.2) is 17.3 Å². The molecule has 200 valence electrons. The second kappa shape index (κ2) is 9.27. The molecule has 15 heteroatoms. The number of hydrogen-bond acceptors (Lipinski definition) is 6. The molecule has 2 heterocycles. The molecule has 2 N–H and O–H groups in total. The summed E-state index contributed by atoms with van der Waals surface area (Å²) in [5.74, 6) is -15.1. The molecule has 1 aliphatic carbocycles. The first-order chi connectivity index (χ1) is 17.2. The van der Waals surface area contributed by atoms with E-state index >= 15 is 0 Å². The molecule has 0 fully saturated rings. The molecule has 1 aliphatic heterocycles. The lowest BCUT2D eigenvalue weighted by atomic mass is 9.93. The third-order valence-corrected chi connectivity index (χ3v) is 5.75. The number of alkyl halides is 7. The van der Waals surface area contributed by atoms with Gasteiger partial charge < -0.3 is 19.2 Å². The Balaban J connectivity index is 1.50. The number of fused-ring (bicyclic) bond motifs is 2. The van der Waals surface area contributed by atoms with E-state index in [-0.39, 0.29) is 48.1 Å². The fourth-order valence-electron chi connectivity index (χ4n) is 3.82. The van der Waals surface area contributed by atoms with Crippen LogP contribution in [0.3, 0.4) is 0 Å². The quantitative estimate of drug-likeness (QED) is 0.424. The number of nitrogens with zero attached hydrogens (tertiary/aromatic N) is 1. The van der Waals surface area contributed by atoms with Gasteiger partial charge in [0.1, 0.15) is 5.76 Å². The summed E-state index contributed by atoms with van der Waals surface area (Å²) in [6.07, 6.45) is -5.99. The number of amides is 2. The van der Waals surface area contributed by atoms with Crippen molar-refractivity contribution >= 4 is 17.5 Å². The van der Waals surface area contributed by atoms with E-state index in [1.54, 1.807) is 18.2 Å². The Morgan fingerprint density at radius 2 is 1.73 bits per heavy atom. The maximum absolute atomic E-state index is 13.6. The summed E-state index contributed by atoms with van der Waals surface area (Å²) in [6.45, 7) is 1.61. The molecule has 8 nitrogen and oxygen atoms in total. The standard InChI is InChI=1S/C22H18F7N3O5/c1-10-16-12(31-32-19(34)20(23,24)21(25,26)22(27,28)29)3-2-4-14(16)37-17(10)18(33)30-8-11-5-6-13-15(7-11)36-9-35-13/h5-7H,2-4,8-9H2,1H3,(H,30,33)(H,32,34)/b31-12+. The maximum atomic E-state index is 13.6. The van der Waals surface area contributed by atoms with Crippen molar-refractivity contribution in [2.24, 2.45) is 5.10 Å². The Bertz CT molecular complexity index is 1270. The number of halogens is 7. The summed E-state index contributed by atoms with van der Waals surface area (Å²) in [6, 6.07) is 5.05. The number of rotatable bonds is 6. The Hall–Kier alpha value is -3.78. The lowest BCUT2D eigenvalue weighted by Gasteiger charge is -2.26. The number of carbonyl (C=O) groups is 2. The predicted octanol–water partition coefficient (Wildman–Crippen LogP) is 4.24. The third-order valence-electron chi connectivity index (χ3n) is 5.75. The van der Waals surface area contributed by atoms with Crippen LogP contribution in [-0.4, -0.2) is 42.3 Å². The SMILES string of the molecule is Cc1c(C(=O)NCc2ccc3c(c2)OCO3)oc2c1/C(=N/NC(=O)C(F)(F)C(F)(F)C(F)(F)F)CCC2. The van der Waals surface area contributed by atoms with Gasteiger partial charge in [0, 0.05) is 24.1 Å². The zero-order valence-electron chi connectivity index (χ0n) is 18.9. The fraction of sp³-hybridized carbons (Fsp3) is 0.409. The van der Waals surface area contributed by atoms with Gasteiger partial charge in [-0.1, -0.05) is 6.07 Å². The van der Waals surface area contributed by atoms with E-state index in [1.807, 2.05) is 0 Å². The van der Waals surface area contributed by atoms with Gasteiger partial charge in [-0.15, -0.1) is 0 Å². The maximum Gasteiger partial charge on any atom is 0.460 e. The summed E-state index contributed by atoms with van der Waals surface area (Å²) in [7, 11) is 0. The van der Waals surface area contributed by atoms with Crippen LogP contribution in [0.15, 0.2) is 27.7 Å². The summed E-state index contributed by atoms with van der Waals surface area (Å²) in [4.78, 5) is 24.3. The minimum Gasteiger partial charge on any atom is -0.455 e. The molecule has 4 rings (SSSR count). The summed E-state index contributed by atoms with van der Waals surface area (Å²) >= 11 is 0. The number of furan rings is 1. The van der Waals surface area contributed by atoms with E-state index < -0.39 is 29.8 Å². The molecule has 0 saturated heterocycles. The number of benzene rings is 1. The summed E-state index contributed by atoms with van der Waals surface area (Å²) < 4.78 is 107. The predicted molar refractivity (Wildman–Crippen MR) is 111 cm³/mol. The second-order valence-electron chi connectivity index (χ2n) is 8.22. The van der Waals surface area contributed by atoms with E-state index in [0.29, 0.717) is 29.9 Å². The average molecular weight is 537 g/mol. The van der Waals surface area contributed by atoms with E-state index in [9.17, 15) is 40.3 Å². The number of hydrazone groups is 1. The van der Waals surface area contributed by atoms with Crippen molar-refractivity contribution in [1.82, 2.24) is 10.7 Å². The highest BCUT2D eigenvalue weighted by atomic mass is 19.4. The molecule has 1 aromatic carbocycles. The van der Waals surface area contributed by atoms with E-state index in [4.69, 9.17) is 13.9 Å². The van der Waals surface area contributed by atoms with Crippen LogP contribution in [0.2, 0.25) is 0 Å². The van der Waals surface area contributed by atoms with Crippen LogP contribution in [0.5, 0.6) is 11.5 Å². The highest BCUT2D eigenvalue weighted by Crippen LogP contribution is 2.46. The van der Waals surface area contributed by atoms with Crippen LogP contribution in [-0.2, 0) is 17.8 Å². The highest BCUT2D eigenvalue weighted by Gasteiger charge is 2.76. The van der Waals surface area contributed by atoms with Gasteiger partial charge >= 0.3 is 23.9 Å². The molecule has 2 aromatic rings. The lowest BCUT2D eigenvalue weighted by molar-refractivity contribution is -0.344. The van der Waals surface area contributed by atoms with Gasteiger partial charge in [-0.2, -0.15) is 35.8 Å². The minimum absolute atomic E-state index is 0.0488. The molecule has 37 heavy (non-hydrogen) atoms. The van der Waals surface area contributed by atoms with Gasteiger partial charge in [0.05, 0.1) is 5.71 Å². The Morgan fingerprint density at radius 3 is 2.43 bits per heavy atom. The van der Waals surface area contributed by atoms with E-state index in [0.717, 1.165) is 5.43 Å². The van der Waals surface area contributed by atoms with Crippen LogP contribution >= 0.6 is 0 Å². The first kappa shape index (κ1) is 26.3. The minimum atomic E-state index is -6.66. The topological polar surface area (TPSA) is 102 Å². The Kier molecular flexibility index (Phi) is 6.58. The third kappa shape index (κ3) is 4.69. The molecule has 0 unspecified atom stereocenters. The van der Waals surface area contributed by atoms with Gasteiger partial charge in [0.2, 0.25) is 6.79 Å². The first-order valence-electron chi connectivity index (χ1n) is 10.7. The molecule has 0 bridgehead atoms. The van der Waals surface area contributed by atoms with Crippen LogP contribution in [0, 0.1) is 6.92 Å². The van der Waals surface area contributed by atoms with Crippen molar-refractivity contribution in [3.8, 4) is 11.5 Å². The number of aryl methyl sites for hydroxylation is 1. The Labute approximate surface area is 203 Å². The average Bonchev–Trinajstić information content (AvgIpc) is 3.44. The molecular formula is C22H18F7N3O5. The van der Waals surface area contributed by atoms with Crippen molar-refractivity contribution < 1.29 is 54.2 Å². The second-order valence-corrected chi connectivity index (χ2v) is 8.22. The van der Waals surface area contributed by atoms with Crippen LogP contribution in [0.1, 0.15) is 45.8 Å². The normalized spacial score (nSPS) is 16.5. The van der Waals surface area contributed by atoms with Gasteiger partial charge in [-0.3, -0.25) is 9.59 Å². The van der Waals surface area contributed by atoms with Crippen molar-refractivity contribution in [2.75, 3.05) is 6.79 Å². The number of nitrogens with one attached hydrogen (secondary N) is 2. The molecule has 2 amide bonds. The van der Waals surface area contributed by atoms with E-state index in [2.05, 4.69) is 10.4 Å². The fourth-order valence-corrected chi connectivity index (χ4v) is 3.82. The molecule has 0 atom stereocenters. The molecule has 0 saturated carbocycles. The van der Waals surface area contributed by atoms with Gasteiger partial charge in [0.25, 0.3) is 5.91 Å². The van der Waals surface area contributed by atoms with Crippen molar-refractivity contribution in [2.45, 2.75) is 50.8 Å². The highest BCUT2D eigenvalue weighted by molar-refractivity contribution is 6.06. The molecular weight excluding hydrogens is 519 g/mol. The van der Waals surface area contributed by atoms with Crippen LogP contribution in [0.4, 0.5) is 30.7 Å². The van der Waals surface area contributed by atoms with Crippen LogP contribution in [0.25, 0.3) is 0 Å². The molecule has 0 spiro atoms. The van der Waals surface area contributed by atoms with E-state index in [1.165, 1.54) is 6.92 Å². The number of carbonyl (C=O) groups excluding carboxylic acids is 2. The summed E-state index contributed by atoms with van der Waals surface area (Å²) in [5, 5.41) is 6.01. The Morgan fingerprint density at radius 1 is 1.03 bits per heavy atom. The van der Waals surface area contributed by atoms with Crippen molar-refractivity contribution in [1.29, 1.82) is 0 Å². The largest absolute Gasteiger partial charge is 0.460 e. The van der Waals surface area contributed by atoms with Crippen molar-refractivity contribution in [3.63, 3.8) is 0 Å². The van der Waals surface area contributed by atoms with Gasteiger partial charge in [-0.05, 0) is 37.5 Å². The monoisotopic (exact) mass is 537 g/mol. The molecule has 2 aliphatic rings. The zero-order valence-corrected chi connectivity index (χ0v) is 18.9. The number of ether oxygens (including phenoxy) is 2. The first-order valence-corrected chi connectivity index (χ1v) is 10.7. The lowest BCUT2D eigenvalue weighted by Crippen LogP contribution is -2.58. The molecule has 1 aromatic heterocycles. The van der Waals surface area contributed by atoms with Crippen molar-refractivity contribution in [3.05, 3.63) is 46.4 Å².